The summed E-state index contributed by atoms with van der Waals surface area (Å²) in [6, 6.07) is 1.46. The summed E-state index contributed by atoms with van der Waals surface area (Å²) in [6.07, 6.45) is -11.7. The molecule has 0 saturated heterocycles. The molecule has 0 amide bonds. The van der Waals surface area contributed by atoms with E-state index in [-0.39, 0.29) is 62.4 Å². The molecule has 0 bridgehead atoms. The third kappa shape index (κ3) is 8.92. The van der Waals surface area contributed by atoms with Crippen LogP contribution in [0.4, 0.5) is 26.3 Å². The summed E-state index contributed by atoms with van der Waals surface area (Å²) in [7, 11) is -7.93. The minimum absolute atomic E-state index is 0.0110. The lowest BCUT2D eigenvalue weighted by molar-refractivity contribution is -0.269. The lowest BCUT2D eigenvalue weighted by Crippen LogP contribution is -2.49. The van der Waals surface area contributed by atoms with Crippen LogP contribution >= 0.6 is 61.4 Å². The topological polar surface area (TPSA) is 69.0 Å². The summed E-state index contributed by atoms with van der Waals surface area (Å²) < 4.78 is 101. The number of alkyl halides is 6. The average Bonchev–Trinajstić information content (AvgIpc) is 3.00. The number of rotatable bonds is 17. The van der Waals surface area contributed by atoms with E-state index in [0.29, 0.717) is 0 Å². The summed E-state index contributed by atoms with van der Waals surface area (Å²) in [4.78, 5) is 0. The molecule has 0 aliphatic rings. The van der Waals surface area contributed by atoms with Gasteiger partial charge in [-0.05, 0) is 33.4 Å². The number of nitrogens with zero attached hydrogens (tertiary/aromatic N) is 5. The van der Waals surface area contributed by atoms with Gasteiger partial charge in [0, 0.05) is 52.4 Å². The fourth-order valence-corrected chi connectivity index (χ4v) is 19.1. The van der Waals surface area contributed by atoms with Crippen LogP contribution in [0.2, 0.25) is 20.1 Å². The Labute approximate surface area is 295 Å². The van der Waals surface area contributed by atoms with E-state index in [1.54, 1.807) is 64.7 Å². The number of nitriles is 1. The Morgan fingerprint density at radius 2 is 1.09 bits per heavy atom. The highest BCUT2D eigenvalue weighted by molar-refractivity contribution is 7.86. The fraction of sp³-hybridized carbons (Fsp3) is 0.714. The second kappa shape index (κ2) is 18.2. The summed E-state index contributed by atoms with van der Waals surface area (Å²) >= 11 is 25.2. The number of halogens is 10. The van der Waals surface area contributed by atoms with Crippen molar-refractivity contribution in [1.29, 1.82) is 5.26 Å². The molecule has 1 aromatic carbocycles. The number of hydrogen-bond donors (Lipinski definition) is 0. The van der Waals surface area contributed by atoms with Gasteiger partial charge in [0.15, 0.2) is 17.6 Å². The second-order valence-corrected chi connectivity index (χ2v) is 18.5. The Morgan fingerprint density at radius 1 is 0.723 bits per heavy atom. The van der Waals surface area contributed by atoms with Crippen LogP contribution in [0.5, 0.6) is 11.5 Å². The lowest BCUT2D eigenvalue weighted by atomic mass is 10.1. The maximum absolute atomic E-state index is 14.7. The maximum atomic E-state index is 14.7. The first-order valence-electron chi connectivity index (χ1n) is 15.2. The number of benzene rings is 1. The Balaban J connectivity index is 4.88. The zero-order valence-electron chi connectivity index (χ0n) is 27.7. The van der Waals surface area contributed by atoms with Crippen molar-refractivity contribution in [1.82, 2.24) is 18.7 Å². The molecule has 0 saturated carbocycles. The first-order valence-corrected chi connectivity index (χ1v) is 20.4. The molecule has 0 aromatic heterocycles. The average molecular weight is 799 g/mol. The smallest absolute Gasteiger partial charge is 0.405 e. The van der Waals surface area contributed by atoms with E-state index in [9.17, 15) is 36.7 Å². The summed E-state index contributed by atoms with van der Waals surface area (Å²) in [5, 5.41) is 21.2. The highest BCUT2D eigenvalue weighted by Gasteiger charge is 2.65. The van der Waals surface area contributed by atoms with Gasteiger partial charge < -0.3 is 9.63 Å². The van der Waals surface area contributed by atoms with Crippen molar-refractivity contribution >= 4 is 66.7 Å². The normalized spacial score (nSPS) is 13.4. The molecule has 0 radical (unpaired) electrons. The van der Waals surface area contributed by atoms with Crippen molar-refractivity contribution in [3.05, 3.63) is 20.1 Å². The molecule has 0 aliphatic heterocycles. The predicted molar refractivity (Wildman–Crippen MR) is 183 cm³/mol. The van der Waals surface area contributed by atoms with Gasteiger partial charge in [-0.2, -0.15) is 31.6 Å². The molecule has 0 N–H and O–H groups in total. The molecule has 0 fully saturated rings. The molecule has 0 heterocycles. The third-order valence-corrected chi connectivity index (χ3v) is 20.3. The van der Waals surface area contributed by atoms with Gasteiger partial charge in [-0.1, -0.05) is 74.1 Å². The minimum Gasteiger partial charge on any atom is -0.869 e. The minimum atomic E-state index is -5.84. The fourth-order valence-electron chi connectivity index (χ4n) is 5.88. The Morgan fingerprint density at radius 3 is 1.38 bits per heavy atom. The van der Waals surface area contributed by atoms with Crippen LogP contribution in [0.25, 0.3) is 0 Å². The van der Waals surface area contributed by atoms with E-state index in [2.05, 4.69) is 0 Å². The van der Waals surface area contributed by atoms with Crippen LogP contribution in [0, 0.1) is 17.2 Å². The molecule has 272 valence electrons. The van der Waals surface area contributed by atoms with Crippen molar-refractivity contribution in [3.8, 4) is 17.6 Å². The van der Waals surface area contributed by atoms with E-state index < -0.39 is 66.0 Å². The zero-order chi connectivity index (χ0) is 36.7. The monoisotopic (exact) mass is 797 g/mol. The van der Waals surface area contributed by atoms with Crippen LogP contribution in [-0.4, -0.2) is 94.6 Å². The van der Waals surface area contributed by atoms with E-state index in [0.717, 1.165) is 0 Å². The zero-order valence-corrected chi connectivity index (χ0v) is 32.5. The maximum Gasteiger partial charge on any atom is 0.405 e. The van der Waals surface area contributed by atoms with Crippen molar-refractivity contribution in [2.75, 3.05) is 58.3 Å². The van der Waals surface area contributed by atoms with Crippen LogP contribution in [0.15, 0.2) is 0 Å². The predicted octanol–water partition coefficient (Wildman–Crippen LogP) is 10.1. The first-order chi connectivity index (χ1) is 21.7. The van der Waals surface area contributed by atoms with E-state index in [1.165, 1.54) is 15.4 Å². The van der Waals surface area contributed by atoms with Crippen molar-refractivity contribution in [2.45, 2.75) is 67.7 Å². The summed E-state index contributed by atoms with van der Waals surface area (Å²) in [6.45, 7) is 14.4. The Bertz CT molecular complexity index is 1230. The quantitative estimate of drug-likeness (QED) is 0.0673. The van der Waals surface area contributed by atoms with Crippen molar-refractivity contribution < 1.29 is 36.0 Å². The van der Waals surface area contributed by atoms with Gasteiger partial charge in [-0.25, -0.2) is 0 Å². The molecular weight excluding hydrogens is 756 g/mol. The van der Waals surface area contributed by atoms with Gasteiger partial charge in [0.2, 0.25) is 0 Å². The largest absolute Gasteiger partial charge is 0.869 e. The van der Waals surface area contributed by atoms with E-state index in [1.807, 2.05) is 0 Å². The van der Waals surface area contributed by atoms with Crippen molar-refractivity contribution in [3.63, 3.8) is 0 Å². The van der Waals surface area contributed by atoms with Gasteiger partial charge in [0.1, 0.15) is 5.02 Å². The van der Waals surface area contributed by atoms with Gasteiger partial charge in [-0.3, -0.25) is 9.34 Å². The molecule has 1 aromatic rings. The Kier molecular flexibility index (Phi) is 17.3. The molecular formula is C28H43Cl4F6N5O2P2. The molecule has 1 rings (SSSR count). The molecule has 19 heteroatoms. The lowest BCUT2D eigenvalue weighted by Gasteiger charge is -2.50. The van der Waals surface area contributed by atoms with Crippen LogP contribution in [-0.2, 0) is 0 Å². The molecule has 0 spiro atoms. The molecule has 0 unspecified atom stereocenters. The SMILES string of the molecule is CCN(CC)P(C[P+](Oc1c([O-])c(Cl)c(Cl)c(Cl)c1Cl)(N(CC)CC)N(CC)CC)(=C(C#N)C(C(F)(F)F)C(F)(F)F)N(CC)CC. The van der Waals surface area contributed by atoms with Crippen LogP contribution in [0.1, 0.15) is 55.4 Å². The van der Waals surface area contributed by atoms with Gasteiger partial charge in [0.25, 0.3) is 0 Å². The first kappa shape index (κ1) is 44.6. The molecule has 0 aliphatic carbocycles. The van der Waals surface area contributed by atoms with Gasteiger partial charge in [0.05, 0.1) is 33.6 Å². The highest BCUT2D eigenvalue weighted by Crippen LogP contribution is 2.77. The van der Waals surface area contributed by atoms with E-state index in [4.69, 9.17) is 50.9 Å². The Hall–Kier alpha value is -0.380. The molecule has 7 nitrogen and oxygen atoms in total. The highest BCUT2D eigenvalue weighted by atomic mass is 35.5. The summed E-state index contributed by atoms with van der Waals surface area (Å²) in [5.41, 5.74) is 0. The summed E-state index contributed by atoms with van der Waals surface area (Å²) in [5.74, 6) is -6.01. The van der Waals surface area contributed by atoms with Gasteiger partial charge >= 0.3 is 20.1 Å². The standard InChI is InChI=1S/C28H43Cl4F6N5O2P2/c1-9-40(10-2)46(41(11-3)12-4,19(17-39)26(27(33,34)35)28(36,37)38)18-47(42(13-5)14-6,43(15-7)16-8)45-25-23(32)21(30)20(29)22(31)24(25)44/h26H,9-16,18H2,1-8H3. The van der Waals surface area contributed by atoms with Crippen molar-refractivity contribution in [2.24, 2.45) is 5.92 Å². The van der Waals surface area contributed by atoms with Crippen LogP contribution < -0.4 is 9.63 Å². The third-order valence-electron chi connectivity index (χ3n) is 7.97. The number of hydrogen-bond acceptors (Lipinski definition) is 7. The van der Waals surface area contributed by atoms with Crippen LogP contribution in [0.3, 0.4) is 0 Å². The second-order valence-electron chi connectivity index (χ2n) is 10.1. The van der Waals surface area contributed by atoms with Gasteiger partial charge in [-0.15, -0.1) is 9.34 Å². The molecule has 0 atom stereocenters. The molecule has 47 heavy (non-hydrogen) atoms. The van der Waals surface area contributed by atoms with E-state index >= 15 is 0 Å².